The van der Waals surface area contributed by atoms with Crippen molar-refractivity contribution in [3.63, 3.8) is 0 Å². The molecule has 2 saturated heterocycles. The molecule has 2 nitrogen and oxygen atoms in total. The minimum atomic E-state index is -2.83. The molecule has 2 bridgehead atoms. The highest BCUT2D eigenvalue weighted by Gasteiger charge is 2.45. The van der Waals surface area contributed by atoms with Crippen LogP contribution in [-0.2, 0) is 5.60 Å². The van der Waals surface area contributed by atoms with Gasteiger partial charge in [0.1, 0.15) is 5.82 Å². The molecule has 1 aromatic carbocycles. The summed E-state index contributed by atoms with van der Waals surface area (Å²) in [5, 5.41) is 10.9. The van der Waals surface area contributed by atoms with Crippen molar-refractivity contribution in [2.24, 2.45) is 0 Å². The number of rotatable bonds is 2. The van der Waals surface area contributed by atoms with Crippen LogP contribution in [0.5, 0.6) is 0 Å². The van der Waals surface area contributed by atoms with Crippen LogP contribution in [-0.4, -0.2) is 29.1 Å². The third kappa shape index (κ3) is 2.57. The van der Waals surface area contributed by atoms with E-state index in [1.807, 2.05) is 0 Å². The second-order valence-electron chi connectivity index (χ2n) is 6.38. The van der Waals surface area contributed by atoms with Crippen LogP contribution >= 0.6 is 0 Å². The van der Waals surface area contributed by atoms with Crippen molar-refractivity contribution in [3.05, 3.63) is 35.1 Å². The van der Waals surface area contributed by atoms with Gasteiger partial charge < -0.3 is 10.0 Å². The number of piperidine rings is 2. The third-order valence-corrected chi connectivity index (χ3v) is 5.15. The molecule has 2 unspecified atom stereocenters. The minimum absolute atomic E-state index is 0.278. The molecule has 2 heterocycles. The van der Waals surface area contributed by atoms with Crippen LogP contribution in [0.4, 0.5) is 13.2 Å². The fourth-order valence-corrected chi connectivity index (χ4v) is 3.88. The molecule has 116 valence electrons. The van der Waals surface area contributed by atoms with Crippen molar-refractivity contribution in [1.82, 2.24) is 4.90 Å². The first-order valence-corrected chi connectivity index (χ1v) is 7.43. The van der Waals surface area contributed by atoms with Crippen molar-refractivity contribution in [2.45, 2.75) is 56.2 Å². The first-order valence-electron chi connectivity index (χ1n) is 7.43. The SMILES string of the molecule is CN1C2CCCC1CC(O)(c1ccc(C(F)F)c(F)c1)C2. The Labute approximate surface area is 122 Å². The van der Waals surface area contributed by atoms with Crippen molar-refractivity contribution in [3.8, 4) is 0 Å². The van der Waals surface area contributed by atoms with Crippen molar-refractivity contribution in [1.29, 1.82) is 0 Å². The number of hydrogen-bond donors (Lipinski definition) is 1. The van der Waals surface area contributed by atoms with E-state index in [2.05, 4.69) is 11.9 Å². The maximum Gasteiger partial charge on any atom is 0.266 e. The maximum atomic E-state index is 13.8. The fourth-order valence-electron chi connectivity index (χ4n) is 3.88. The van der Waals surface area contributed by atoms with Gasteiger partial charge in [0.25, 0.3) is 6.43 Å². The van der Waals surface area contributed by atoms with Crippen LogP contribution in [0.2, 0.25) is 0 Å². The summed E-state index contributed by atoms with van der Waals surface area (Å²) in [6.45, 7) is 0. The molecule has 2 atom stereocenters. The van der Waals surface area contributed by atoms with Crippen LogP contribution < -0.4 is 0 Å². The minimum Gasteiger partial charge on any atom is -0.385 e. The van der Waals surface area contributed by atoms with Gasteiger partial charge in [-0.1, -0.05) is 18.6 Å². The van der Waals surface area contributed by atoms with Crippen LogP contribution in [0.3, 0.4) is 0 Å². The lowest BCUT2D eigenvalue weighted by Crippen LogP contribution is -2.55. The fraction of sp³-hybridized carbons (Fsp3) is 0.625. The average molecular weight is 299 g/mol. The van der Waals surface area contributed by atoms with E-state index >= 15 is 0 Å². The Morgan fingerprint density at radius 2 is 1.86 bits per heavy atom. The van der Waals surface area contributed by atoms with Gasteiger partial charge in [0.05, 0.1) is 11.2 Å². The van der Waals surface area contributed by atoms with E-state index in [4.69, 9.17) is 0 Å². The van der Waals surface area contributed by atoms with E-state index in [9.17, 15) is 18.3 Å². The number of hydrogen-bond acceptors (Lipinski definition) is 2. The summed E-state index contributed by atoms with van der Waals surface area (Å²) in [4.78, 5) is 2.29. The predicted octanol–water partition coefficient (Wildman–Crippen LogP) is 3.60. The molecule has 1 aromatic rings. The first kappa shape index (κ1) is 14.9. The largest absolute Gasteiger partial charge is 0.385 e. The molecule has 21 heavy (non-hydrogen) atoms. The summed E-state index contributed by atoms with van der Waals surface area (Å²) in [6, 6.07) is 4.19. The van der Waals surface area contributed by atoms with Gasteiger partial charge in [0, 0.05) is 12.1 Å². The zero-order valence-electron chi connectivity index (χ0n) is 12.0. The van der Waals surface area contributed by atoms with Crippen LogP contribution in [0.1, 0.15) is 49.7 Å². The number of halogens is 3. The van der Waals surface area contributed by atoms with Crippen LogP contribution in [0.25, 0.3) is 0 Å². The molecule has 2 aliphatic heterocycles. The van der Waals surface area contributed by atoms with Crippen LogP contribution in [0.15, 0.2) is 18.2 Å². The lowest BCUT2D eigenvalue weighted by atomic mass is 9.73. The van der Waals surface area contributed by atoms with E-state index in [0.29, 0.717) is 18.4 Å². The topological polar surface area (TPSA) is 23.5 Å². The second kappa shape index (κ2) is 5.29. The third-order valence-electron chi connectivity index (χ3n) is 5.15. The number of benzene rings is 1. The molecule has 2 aliphatic rings. The van der Waals surface area contributed by atoms with Gasteiger partial charge in [0.15, 0.2) is 0 Å². The van der Waals surface area contributed by atoms with E-state index in [-0.39, 0.29) is 12.1 Å². The lowest BCUT2D eigenvalue weighted by molar-refractivity contribution is -0.0876. The first-order chi connectivity index (χ1) is 9.90. The van der Waals surface area contributed by atoms with E-state index in [0.717, 1.165) is 31.4 Å². The second-order valence-corrected chi connectivity index (χ2v) is 6.38. The number of aliphatic hydroxyl groups is 1. The van der Waals surface area contributed by atoms with E-state index in [1.165, 1.54) is 6.07 Å². The highest BCUT2D eigenvalue weighted by atomic mass is 19.3. The molecule has 1 N–H and O–H groups in total. The molecule has 3 rings (SSSR count). The van der Waals surface area contributed by atoms with Crippen molar-refractivity contribution in [2.75, 3.05) is 7.05 Å². The standard InChI is InChI=1S/C16H20F3NO/c1-20-11-3-2-4-12(20)9-16(21,8-11)10-5-6-13(15(18)19)14(17)7-10/h5-7,11-12,15,21H,2-4,8-9H2,1H3. The number of alkyl halides is 2. The predicted molar refractivity (Wildman–Crippen MR) is 73.7 cm³/mol. The van der Waals surface area contributed by atoms with Crippen molar-refractivity contribution >= 4 is 0 Å². The monoisotopic (exact) mass is 299 g/mol. The maximum absolute atomic E-state index is 13.8. The van der Waals surface area contributed by atoms with Gasteiger partial charge in [-0.3, -0.25) is 0 Å². The summed E-state index contributed by atoms with van der Waals surface area (Å²) in [5.41, 5.74) is -1.28. The Kier molecular flexibility index (Phi) is 3.74. The van der Waals surface area contributed by atoms with Gasteiger partial charge in [0.2, 0.25) is 0 Å². The summed E-state index contributed by atoms with van der Waals surface area (Å²) in [7, 11) is 2.06. The zero-order chi connectivity index (χ0) is 15.2. The molecule has 0 aliphatic carbocycles. The molecule has 0 saturated carbocycles. The van der Waals surface area contributed by atoms with Gasteiger partial charge >= 0.3 is 0 Å². The lowest BCUT2D eigenvalue weighted by Gasteiger charge is -2.50. The van der Waals surface area contributed by atoms with Crippen molar-refractivity contribution < 1.29 is 18.3 Å². The highest BCUT2D eigenvalue weighted by molar-refractivity contribution is 5.30. The van der Waals surface area contributed by atoms with Gasteiger partial charge in [-0.15, -0.1) is 0 Å². The van der Waals surface area contributed by atoms with E-state index < -0.39 is 23.4 Å². The average Bonchev–Trinajstić information content (AvgIpc) is 2.40. The molecule has 2 fully saturated rings. The number of nitrogens with zero attached hydrogens (tertiary/aromatic N) is 1. The molecule has 5 heteroatoms. The molecular weight excluding hydrogens is 279 g/mol. The van der Waals surface area contributed by atoms with Gasteiger partial charge in [-0.25, -0.2) is 13.2 Å². The summed E-state index contributed by atoms with van der Waals surface area (Å²) in [5.74, 6) is -0.931. The summed E-state index contributed by atoms with van der Waals surface area (Å²) in [6.07, 6.45) is 1.43. The zero-order valence-corrected chi connectivity index (χ0v) is 12.0. The number of fused-ring (bicyclic) bond motifs is 2. The smallest absolute Gasteiger partial charge is 0.266 e. The Morgan fingerprint density at radius 1 is 1.24 bits per heavy atom. The Balaban J connectivity index is 1.91. The summed E-state index contributed by atoms with van der Waals surface area (Å²) >= 11 is 0. The highest BCUT2D eigenvalue weighted by Crippen LogP contribution is 2.44. The summed E-state index contributed by atoms with van der Waals surface area (Å²) < 4.78 is 39.0. The normalized spacial score (nSPS) is 33.4. The molecule has 0 spiro atoms. The van der Waals surface area contributed by atoms with Gasteiger partial charge in [-0.2, -0.15) is 0 Å². The Bertz CT molecular complexity index is 520. The Hall–Kier alpha value is -1.07. The van der Waals surface area contributed by atoms with E-state index in [1.54, 1.807) is 0 Å². The molecule has 0 amide bonds. The van der Waals surface area contributed by atoms with Gasteiger partial charge in [-0.05, 0) is 44.4 Å². The van der Waals surface area contributed by atoms with Crippen LogP contribution in [0, 0.1) is 5.82 Å². The quantitative estimate of drug-likeness (QED) is 0.902. The molecule has 0 aromatic heterocycles. The Morgan fingerprint density at radius 3 is 2.38 bits per heavy atom. The molecular formula is C16H20F3NO. The molecule has 0 radical (unpaired) electrons.